The summed E-state index contributed by atoms with van der Waals surface area (Å²) in [5.74, 6) is 0.00539. The molecule has 0 radical (unpaired) electrons. The number of benzene rings is 1. The monoisotopic (exact) mass is 261 g/mol. The number of fused-ring (bicyclic) bond motifs is 1. The number of nitro groups is 1. The van der Waals surface area contributed by atoms with Crippen LogP contribution in [0.2, 0.25) is 0 Å². The van der Waals surface area contributed by atoms with Crippen LogP contribution >= 0.6 is 0 Å². The minimum atomic E-state index is -0.408. The minimum Gasteiger partial charge on any atom is -0.361 e. The summed E-state index contributed by atoms with van der Waals surface area (Å²) >= 11 is 0. The average Bonchev–Trinajstić information content (AvgIpc) is 2.81. The fourth-order valence-electron chi connectivity index (χ4n) is 1.95. The summed E-state index contributed by atoms with van der Waals surface area (Å²) in [7, 11) is 0. The summed E-state index contributed by atoms with van der Waals surface area (Å²) in [5, 5.41) is 14.4. The lowest BCUT2D eigenvalue weighted by molar-refractivity contribution is -0.384. The van der Waals surface area contributed by atoms with Crippen molar-refractivity contribution >= 4 is 22.5 Å². The Hall–Kier alpha value is -2.37. The number of amides is 1. The van der Waals surface area contributed by atoms with Gasteiger partial charge in [0.05, 0.1) is 4.92 Å². The van der Waals surface area contributed by atoms with Crippen LogP contribution in [-0.2, 0) is 11.2 Å². The number of aromatic amines is 1. The van der Waals surface area contributed by atoms with E-state index in [0.717, 1.165) is 16.5 Å². The fourth-order valence-corrected chi connectivity index (χ4v) is 1.95. The van der Waals surface area contributed by atoms with Crippen molar-refractivity contribution < 1.29 is 9.72 Å². The topological polar surface area (TPSA) is 88.0 Å². The van der Waals surface area contributed by atoms with Crippen molar-refractivity contribution in [2.45, 2.75) is 19.8 Å². The molecule has 0 saturated heterocycles. The number of nitro benzene ring substituents is 1. The molecule has 0 aliphatic rings. The molecular weight excluding hydrogens is 246 g/mol. The molecule has 19 heavy (non-hydrogen) atoms. The molecule has 1 heterocycles. The Morgan fingerprint density at radius 3 is 2.95 bits per heavy atom. The van der Waals surface area contributed by atoms with Crippen LogP contribution in [0.25, 0.3) is 10.9 Å². The van der Waals surface area contributed by atoms with Gasteiger partial charge < -0.3 is 10.3 Å². The Morgan fingerprint density at radius 1 is 1.47 bits per heavy atom. The molecule has 100 valence electrons. The molecule has 1 aromatic carbocycles. The van der Waals surface area contributed by atoms with Gasteiger partial charge in [-0.15, -0.1) is 0 Å². The van der Waals surface area contributed by atoms with E-state index < -0.39 is 4.92 Å². The predicted octanol–water partition coefficient (Wildman–Crippen LogP) is 2.14. The maximum Gasteiger partial charge on any atom is 0.270 e. The SMILES string of the molecule is CCC(=O)NCCc1c[nH]c2ccc([N+](=O)[O-])cc12. The van der Waals surface area contributed by atoms with E-state index in [0.29, 0.717) is 19.4 Å². The second-order valence-electron chi connectivity index (χ2n) is 4.25. The van der Waals surface area contributed by atoms with Crippen molar-refractivity contribution in [3.8, 4) is 0 Å². The number of nitrogens with zero attached hydrogens (tertiary/aromatic N) is 1. The third-order valence-corrected chi connectivity index (χ3v) is 3.00. The minimum absolute atomic E-state index is 0.00539. The van der Waals surface area contributed by atoms with E-state index in [2.05, 4.69) is 10.3 Å². The van der Waals surface area contributed by atoms with Crippen LogP contribution in [0.5, 0.6) is 0 Å². The lowest BCUT2D eigenvalue weighted by Crippen LogP contribution is -2.24. The first kappa shape index (κ1) is 13.1. The number of non-ortho nitro benzene ring substituents is 1. The van der Waals surface area contributed by atoms with E-state index in [9.17, 15) is 14.9 Å². The first-order valence-electron chi connectivity index (χ1n) is 6.13. The summed E-state index contributed by atoms with van der Waals surface area (Å²) in [6.07, 6.45) is 2.93. The van der Waals surface area contributed by atoms with Crippen LogP contribution < -0.4 is 5.32 Å². The van der Waals surface area contributed by atoms with Crippen molar-refractivity contribution in [3.05, 3.63) is 40.1 Å². The van der Waals surface area contributed by atoms with Crippen LogP contribution in [0.3, 0.4) is 0 Å². The number of H-pyrrole nitrogens is 1. The number of carbonyl (C=O) groups is 1. The third kappa shape index (κ3) is 2.90. The highest BCUT2D eigenvalue weighted by atomic mass is 16.6. The van der Waals surface area contributed by atoms with Gasteiger partial charge in [-0.3, -0.25) is 14.9 Å². The molecule has 0 atom stereocenters. The van der Waals surface area contributed by atoms with Crippen molar-refractivity contribution in [3.63, 3.8) is 0 Å². The number of hydrogen-bond acceptors (Lipinski definition) is 3. The Labute approximate surface area is 110 Å². The van der Waals surface area contributed by atoms with E-state index in [1.807, 2.05) is 6.20 Å². The summed E-state index contributed by atoms with van der Waals surface area (Å²) in [4.78, 5) is 24.6. The highest BCUT2D eigenvalue weighted by Crippen LogP contribution is 2.23. The molecular formula is C13H15N3O3. The highest BCUT2D eigenvalue weighted by molar-refractivity contribution is 5.85. The molecule has 0 bridgehead atoms. The van der Waals surface area contributed by atoms with E-state index in [-0.39, 0.29) is 11.6 Å². The van der Waals surface area contributed by atoms with Crippen LogP contribution in [0, 0.1) is 10.1 Å². The predicted molar refractivity (Wildman–Crippen MR) is 72.0 cm³/mol. The van der Waals surface area contributed by atoms with E-state index >= 15 is 0 Å². The van der Waals surface area contributed by atoms with Gasteiger partial charge in [-0.1, -0.05) is 6.92 Å². The molecule has 0 fully saturated rings. The zero-order chi connectivity index (χ0) is 13.8. The molecule has 0 unspecified atom stereocenters. The molecule has 2 rings (SSSR count). The zero-order valence-corrected chi connectivity index (χ0v) is 10.6. The second kappa shape index (κ2) is 5.51. The summed E-state index contributed by atoms with van der Waals surface area (Å²) in [5.41, 5.74) is 1.91. The molecule has 1 amide bonds. The molecule has 6 heteroatoms. The molecule has 6 nitrogen and oxygen atoms in total. The van der Waals surface area contributed by atoms with Gasteiger partial charge in [0, 0.05) is 42.2 Å². The average molecular weight is 261 g/mol. The van der Waals surface area contributed by atoms with Gasteiger partial charge in [-0.25, -0.2) is 0 Å². The van der Waals surface area contributed by atoms with Gasteiger partial charge in [0.1, 0.15) is 0 Å². The quantitative estimate of drug-likeness (QED) is 0.638. The fraction of sp³-hybridized carbons (Fsp3) is 0.308. The third-order valence-electron chi connectivity index (χ3n) is 3.00. The van der Waals surface area contributed by atoms with Crippen molar-refractivity contribution in [1.82, 2.24) is 10.3 Å². The van der Waals surface area contributed by atoms with Gasteiger partial charge in [0.25, 0.3) is 5.69 Å². The lowest BCUT2D eigenvalue weighted by atomic mass is 10.1. The Morgan fingerprint density at radius 2 is 2.26 bits per heavy atom. The standard InChI is InChI=1S/C13H15N3O3/c1-2-13(17)14-6-5-9-8-15-12-4-3-10(16(18)19)7-11(9)12/h3-4,7-8,15H,2,5-6H2,1H3,(H,14,17). The number of rotatable bonds is 5. The Bertz CT molecular complexity index is 619. The largest absolute Gasteiger partial charge is 0.361 e. The first-order chi connectivity index (χ1) is 9.11. The first-order valence-corrected chi connectivity index (χ1v) is 6.13. The smallest absolute Gasteiger partial charge is 0.270 e. The van der Waals surface area contributed by atoms with Crippen molar-refractivity contribution in [2.75, 3.05) is 6.54 Å². The molecule has 0 aliphatic heterocycles. The van der Waals surface area contributed by atoms with Crippen LogP contribution in [0.4, 0.5) is 5.69 Å². The molecule has 2 N–H and O–H groups in total. The summed E-state index contributed by atoms with van der Waals surface area (Å²) in [6.45, 7) is 2.33. The Balaban J connectivity index is 2.16. The zero-order valence-electron chi connectivity index (χ0n) is 10.6. The number of aromatic nitrogens is 1. The summed E-state index contributed by atoms with van der Waals surface area (Å²) in [6, 6.07) is 4.73. The maximum atomic E-state index is 11.1. The molecule has 0 spiro atoms. The number of nitrogens with one attached hydrogen (secondary N) is 2. The van der Waals surface area contributed by atoms with Gasteiger partial charge in [-0.05, 0) is 18.1 Å². The van der Waals surface area contributed by atoms with Crippen molar-refractivity contribution in [2.24, 2.45) is 0 Å². The van der Waals surface area contributed by atoms with Gasteiger partial charge in [0.15, 0.2) is 0 Å². The molecule has 2 aromatic rings. The molecule has 1 aromatic heterocycles. The van der Waals surface area contributed by atoms with E-state index in [1.54, 1.807) is 19.1 Å². The second-order valence-corrected chi connectivity index (χ2v) is 4.25. The van der Waals surface area contributed by atoms with Crippen molar-refractivity contribution in [1.29, 1.82) is 0 Å². The van der Waals surface area contributed by atoms with E-state index in [4.69, 9.17) is 0 Å². The van der Waals surface area contributed by atoms with Crippen LogP contribution in [0.15, 0.2) is 24.4 Å². The normalized spacial score (nSPS) is 10.6. The molecule has 0 aliphatic carbocycles. The van der Waals surface area contributed by atoms with Crippen LogP contribution in [0.1, 0.15) is 18.9 Å². The van der Waals surface area contributed by atoms with Gasteiger partial charge in [0.2, 0.25) is 5.91 Å². The number of carbonyl (C=O) groups excluding carboxylic acids is 1. The van der Waals surface area contributed by atoms with Gasteiger partial charge >= 0.3 is 0 Å². The van der Waals surface area contributed by atoms with Gasteiger partial charge in [-0.2, -0.15) is 0 Å². The van der Waals surface area contributed by atoms with E-state index in [1.165, 1.54) is 6.07 Å². The number of hydrogen-bond donors (Lipinski definition) is 2. The molecule has 0 saturated carbocycles. The highest BCUT2D eigenvalue weighted by Gasteiger charge is 2.10. The Kier molecular flexibility index (Phi) is 3.79. The van der Waals surface area contributed by atoms with Crippen LogP contribution in [-0.4, -0.2) is 22.4 Å². The maximum absolute atomic E-state index is 11.1. The lowest BCUT2D eigenvalue weighted by Gasteiger charge is -2.02. The summed E-state index contributed by atoms with van der Waals surface area (Å²) < 4.78 is 0.